The maximum atomic E-state index is 13.8. The maximum absolute atomic E-state index is 13.8. The van der Waals surface area contributed by atoms with Gasteiger partial charge in [0.15, 0.2) is 0 Å². The van der Waals surface area contributed by atoms with E-state index in [-0.39, 0.29) is 5.82 Å². The molecule has 0 spiro atoms. The van der Waals surface area contributed by atoms with Crippen LogP contribution in [0, 0.1) is 11.7 Å². The first kappa shape index (κ1) is 15.3. The molecule has 1 saturated carbocycles. The quantitative estimate of drug-likeness (QED) is 0.849. The third kappa shape index (κ3) is 3.42. The normalized spacial score (nSPS) is 27.9. The van der Waals surface area contributed by atoms with Crippen molar-refractivity contribution in [2.24, 2.45) is 5.92 Å². The van der Waals surface area contributed by atoms with Gasteiger partial charge in [0.05, 0.1) is 4.47 Å². The molecule has 1 aromatic carbocycles. The predicted molar refractivity (Wildman–Crippen MR) is 89.3 cm³/mol. The van der Waals surface area contributed by atoms with Crippen LogP contribution in [0.5, 0.6) is 0 Å². The molecule has 2 fully saturated rings. The Labute approximate surface area is 135 Å². The van der Waals surface area contributed by atoms with Crippen molar-refractivity contribution in [1.82, 2.24) is 5.32 Å². The van der Waals surface area contributed by atoms with Gasteiger partial charge in [-0.3, -0.25) is 0 Å². The highest BCUT2D eigenvalue weighted by molar-refractivity contribution is 9.10. The van der Waals surface area contributed by atoms with E-state index in [0.717, 1.165) is 24.7 Å². The summed E-state index contributed by atoms with van der Waals surface area (Å²) in [6, 6.07) is 6.45. The summed E-state index contributed by atoms with van der Waals surface area (Å²) in [5.41, 5.74) is 1.01. The molecule has 2 aliphatic rings. The van der Waals surface area contributed by atoms with Crippen LogP contribution in [0.15, 0.2) is 22.7 Å². The minimum atomic E-state index is -0.174. The van der Waals surface area contributed by atoms with Crippen molar-refractivity contribution in [3.8, 4) is 0 Å². The van der Waals surface area contributed by atoms with E-state index >= 15 is 0 Å². The van der Waals surface area contributed by atoms with Gasteiger partial charge in [0.2, 0.25) is 0 Å². The van der Waals surface area contributed by atoms with Crippen molar-refractivity contribution in [2.45, 2.75) is 51.1 Å². The van der Waals surface area contributed by atoms with Gasteiger partial charge in [0.1, 0.15) is 5.82 Å². The lowest BCUT2D eigenvalue weighted by Gasteiger charge is -2.44. The Morgan fingerprint density at radius 2 is 2.00 bits per heavy atom. The number of hydrogen-bond donors (Lipinski definition) is 1. The van der Waals surface area contributed by atoms with Crippen molar-refractivity contribution in [2.75, 3.05) is 18.0 Å². The maximum Gasteiger partial charge on any atom is 0.139 e. The van der Waals surface area contributed by atoms with Crippen molar-refractivity contribution in [3.05, 3.63) is 28.5 Å². The average molecular weight is 355 g/mol. The number of rotatable bonds is 2. The molecule has 1 aromatic rings. The lowest BCUT2D eigenvalue weighted by molar-refractivity contribution is 0.245. The molecule has 1 heterocycles. The molecule has 3 rings (SSSR count). The molecule has 0 bridgehead atoms. The topological polar surface area (TPSA) is 15.3 Å². The van der Waals surface area contributed by atoms with E-state index < -0.39 is 0 Å². The summed E-state index contributed by atoms with van der Waals surface area (Å²) >= 11 is 3.24. The van der Waals surface area contributed by atoms with Gasteiger partial charge < -0.3 is 10.2 Å². The molecule has 2 unspecified atom stereocenters. The second kappa shape index (κ2) is 6.66. The standard InChI is InChI=1S/C17H24BrFN2/c1-12-10-20-17(13-5-3-2-4-6-13)11-21(12)14-7-8-15(18)16(19)9-14/h7-9,12-13,17,20H,2-6,10-11H2,1H3. The second-order valence-corrected chi connectivity index (χ2v) is 7.37. The fraction of sp³-hybridized carbons (Fsp3) is 0.647. The van der Waals surface area contributed by atoms with Crippen LogP contribution < -0.4 is 10.2 Å². The highest BCUT2D eigenvalue weighted by atomic mass is 79.9. The molecule has 1 aliphatic heterocycles. The first-order valence-corrected chi connectivity index (χ1v) is 8.89. The first-order chi connectivity index (χ1) is 10.1. The third-order valence-corrected chi connectivity index (χ3v) is 5.70. The van der Waals surface area contributed by atoms with E-state index in [1.807, 2.05) is 12.1 Å². The summed E-state index contributed by atoms with van der Waals surface area (Å²) in [5, 5.41) is 3.72. The number of halogens is 2. The number of piperazine rings is 1. The number of nitrogens with one attached hydrogen (secondary N) is 1. The van der Waals surface area contributed by atoms with Crippen LogP contribution in [0.25, 0.3) is 0 Å². The highest BCUT2D eigenvalue weighted by Gasteiger charge is 2.31. The molecular formula is C17H24BrFN2. The number of nitrogens with zero attached hydrogens (tertiary/aromatic N) is 1. The minimum absolute atomic E-state index is 0.174. The molecule has 1 aliphatic carbocycles. The SMILES string of the molecule is CC1CNC(C2CCCCC2)CN1c1ccc(Br)c(F)c1. The molecular weight excluding hydrogens is 331 g/mol. The molecule has 21 heavy (non-hydrogen) atoms. The fourth-order valence-electron chi connectivity index (χ4n) is 3.76. The van der Waals surface area contributed by atoms with E-state index in [9.17, 15) is 4.39 Å². The second-order valence-electron chi connectivity index (χ2n) is 6.51. The molecule has 2 nitrogen and oxygen atoms in total. The van der Waals surface area contributed by atoms with Gasteiger partial charge in [0, 0.05) is 30.9 Å². The molecule has 4 heteroatoms. The van der Waals surface area contributed by atoms with Crippen LogP contribution in [-0.2, 0) is 0 Å². The lowest BCUT2D eigenvalue weighted by atomic mass is 9.82. The molecule has 0 amide bonds. The van der Waals surface area contributed by atoms with Crippen molar-refractivity contribution < 1.29 is 4.39 Å². The molecule has 116 valence electrons. The summed E-state index contributed by atoms with van der Waals surface area (Å²) in [6.45, 7) is 4.19. The first-order valence-electron chi connectivity index (χ1n) is 8.10. The van der Waals surface area contributed by atoms with E-state index in [1.165, 1.54) is 32.1 Å². The fourth-order valence-corrected chi connectivity index (χ4v) is 4.01. The molecule has 0 radical (unpaired) electrons. The van der Waals surface area contributed by atoms with Crippen LogP contribution in [-0.4, -0.2) is 25.2 Å². The average Bonchev–Trinajstić information content (AvgIpc) is 2.51. The van der Waals surface area contributed by atoms with E-state index in [0.29, 0.717) is 16.6 Å². The van der Waals surface area contributed by atoms with Crippen molar-refractivity contribution in [1.29, 1.82) is 0 Å². The Hall–Kier alpha value is -0.610. The molecule has 1 N–H and O–H groups in total. The zero-order valence-electron chi connectivity index (χ0n) is 12.6. The Morgan fingerprint density at radius 3 is 2.71 bits per heavy atom. The number of hydrogen-bond acceptors (Lipinski definition) is 2. The Bertz CT molecular complexity index is 488. The molecule has 1 saturated heterocycles. The largest absolute Gasteiger partial charge is 0.366 e. The summed E-state index contributed by atoms with van der Waals surface area (Å²) in [7, 11) is 0. The van der Waals surface area contributed by atoms with Crippen LogP contribution in [0.4, 0.5) is 10.1 Å². The summed E-state index contributed by atoms with van der Waals surface area (Å²) in [4.78, 5) is 2.37. The van der Waals surface area contributed by atoms with Crippen LogP contribution in [0.3, 0.4) is 0 Å². The monoisotopic (exact) mass is 354 g/mol. The highest BCUT2D eigenvalue weighted by Crippen LogP contribution is 2.31. The Balaban J connectivity index is 1.74. The summed E-state index contributed by atoms with van der Waals surface area (Å²) in [6.07, 6.45) is 6.81. The minimum Gasteiger partial charge on any atom is -0.366 e. The Kier molecular flexibility index (Phi) is 4.85. The van der Waals surface area contributed by atoms with Gasteiger partial charge in [-0.2, -0.15) is 0 Å². The van der Waals surface area contributed by atoms with Gasteiger partial charge in [-0.1, -0.05) is 19.3 Å². The zero-order valence-corrected chi connectivity index (χ0v) is 14.2. The molecule has 0 aromatic heterocycles. The van der Waals surface area contributed by atoms with Gasteiger partial charge in [0.25, 0.3) is 0 Å². The molecule has 2 atom stereocenters. The third-order valence-electron chi connectivity index (χ3n) is 5.05. The zero-order chi connectivity index (χ0) is 14.8. The number of anilines is 1. The van der Waals surface area contributed by atoms with Gasteiger partial charge in [-0.25, -0.2) is 4.39 Å². The van der Waals surface area contributed by atoms with Crippen LogP contribution in [0.2, 0.25) is 0 Å². The summed E-state index contributed by atoms with van der Waals surface area (Å²) < 4.78 is 14.4. The van der Waals surface area contributed by atoms with E-state index in [2.05, 4.69) is 33.1 Å². The van der Waals surface area contributed by atoms with E-state index in [1.54, 1.807) is 6.07 Å². The lowest BCUT2D eigenvalue weighted by Crippen LogP contribution is -2.58. The van der Waals surface area contributed by atoms with Crippen LogP contribution in [0.1, 0.15) is 39.0 Å². The smallest absolute Gasteiger partial charge is 0.139 e. The Morgan fingerprint density at radius 1 is 1.24 bits per heavy atom. The van der Waals surface area contributed by atoms with Gasteiger partial charge >= 0.3 is 0 Å². The van der Waals surface area contributed by atoms with E-state index in [4.69, 9.17) is 0 Å². The van der Waals surface area contributed by atoms with Gasteiger partial charge in [-0.05, 0) is 59.8 Å². The van der Waals surface area contributed by atoms with Crippen molar-refractivity contribution in [3.63, 3.8) is 0 Å². The summed E-state index contributed by atoms with van der Waals surface area (Å²) in [5.74, 6) is 0.612. The number of benzene rings is 1. The predicted octanol–water partition coefficient (Wildman–Crippen LogP) is 4.34. The van der Waals surface area contributed by atoms with Crippen molar-refractivity contribution >= 4 is 21.6 Å². The van der Waals surface area contributed by atoms with Crippen LogP contribution >= 0.6 is 15.9 Å². The van der Waals surface area contributed by atoms with Gasteiger partial charge in [-0.15, -0.1) is 0 Å².